The Labute approximate surface area is 228 Å². The Kier molecular flexibility index (Phi) is 6.95. The van der Waals surface area contributed by atoms with Crippen LogP contribution in [0.15, 0.2) is 55.2 Å². The average Bonchev–Trinajstić information content (AvgIpc) is 3.59. The number of alkyl halides is 2. The molecule has 206 valence electrons. The number of aromatic nitrogens is 6. The third-order valence-electron chi connectivity index (χ3n) is 6.99. The molecule has 0 unspecified atom stereocenters. The van der Waals surface area contributed by atoms with Gasteiger partial charge in [0.1, 0.15) is 22.8 Å². The van der Waals surface area contributed by atoms with Gasteiger partial charge in [0.25, 0.3) is 12.3 Å². The predicted molar refractivity (Wildman–Crippen MR) is 148 cm³/mol. The summed E-state index contributed by atoms with van der Waals surface area (Å²) in [6.45, 7) is 3.82. The Morgan fingerprint density at radius 1 is 1.05 bits per heavy atom. The molecule has 1 saturated heterocycles. The van der Waals surface area contributed by atoms with Crippen LogP contribution >= 0.6 is 0 Å². The molecular formula is C27H28F2N10O. The van der Waals surface area contributed by atoms with Gasteiger partial charge in [0.2, 0.25) is 5.95 Å². The van der Waals surface area contributed by atoms with Crippen molar-refractivity contribution in [3.05, 3.63) is 66.5 Å². The highest BCUT2D eigenvalue weighted by atomic mass is 19.3. The molecular weight excluding hydrogens is 518 g/mol. The molecule has 0 atom stereocenters. The van der Waals surface area contributed by atoms with Crippen molar-refractivity contribution in [2.45, 2.75) is 13.0 Å². The number of likely N-dealkylation sites (N-methyl/N-ethyl adjacent to an activating group) is 1. The number of carbonyl (C=O) groups is 1. The minimum atomic E-state index is -2.63. The second kappa shape index (κ2) is 10.8. The van der Waals surface area contributed by atoms with Crippen molar-refractivity contribution in [2.75, 3.05) is 50.0 Å². The summed E-state index contributed by atoms with van der Waals surface area (Å²) in [6.07, 6.45) is 5.91. The van der Waals surface area contributed by atoms with Crippen molar-refractivity contribution < 1.29 is 13.6 Å². The van der Waals surface area contributed by atoms with Crippen LogP contribution in [0.25, 0.3) is 27.8 Å². The number of rotatable bonds is 8. The normalized spacial score (nSPS) is 14.3. The summed E-state index contributed by atoms with van der Waals surface area (Å²) < 4.78 is 26.7. The number of nitrogens with one attached hydrogen (secondary N) is 3. The lowest BCUT2D eigenvalue weighted by atomic mass is 10.1. The van der Waals surface area contributed by atoms with Crippen LogP contribution in [-0.2, 0) is 6.54 Å². The predicted octanol–water partition coefficient (Wildman–Crippen LogP) is 3.03. The first-order valence-electron chi connectivity index (χ1n) is 12.9. The third-order valence-corrected chi connectivity index (χ3v) is 6.99. The van der Waals surface area contributed by atoms with Gasteiger partial charge in [-0.15, -0.1) is 0 Å². The SMILES string of the molecule is CN1CCN(c2ccc(CNc3ncc4c(-c5ccc6ncc(C(=O)NCC(F)F)n6c5)c[nH]c4n3)cn2)CC1. The fourth-order valence-electron chi connectivity index (χ4n) is 4.72. The topological polar surface area (TPSA) is 119 Å². The van der Waals surface area contributed by atoms with Crippen LogP contribution in [0, 0.1) is 0 Å². The standard InChI is InChI=1S/C27H28F2N10O/c1-37-6-8-38(9-7-37)23-4-2-17(10-30-23)11-34-27-35-13-20-19(12-32-25(20)36-27)18-3-5-24-31-14-21(39(24)16-18)26(40)33-15-22(28)29/h2-5,10,12-14,16,22H,6-9,11,15H2,1H3,(H,33,40)(H2,32,34,35,36). The van der Waals surface area contributed by atoms with E-state index in [0.29, 0.717) is 23.8 Å². The van der Waals surface area contributed by atoms with Crippen molar-refractivity contribution in [1.82, 2.24) is 39.5 Å². The van der Waals surface area contributed by atoms with Crippen LogP contribution in [0.4, 0.5) is 20.5 Å². The lowest BCUT2D eigenvalue weighted by molar-refractivity contribution is 0.0886. The lowest BCUT2D eigenvalue weighted by Crippen LogP contribution is -2.44. The first-order valence-corrected chi connectivity index (χ1v) is 12.9. The van der Waals surface area contributed by atoms with Crippen LogP contribution in [0.1, 0.15) is 16.1 Å². The molecule has 1 aliphatic heterocycles. The molecule has 3 N–H and O–H groups in total. The number of hydrogen-bond donors (Lipinski definition) is 3. The van der Waals surface area contributed by atoms with Gasteiger partial charge in [0, 0.05) is 74.0 Å². The Hall–Kier alpha value is -4.65. The van der Waals surface area contributed by atoms with E-state index in [9.17, 15) is 13.6 Å². The van der Waals surface area contributed by atoms with Crippen LogP contribution in [-0.4, -0.2) is 86.3 Å². The minimum absolute atomic E-state index is 0.172. The molecule has 1 fully saturated rings. The second-order valence-electron chi connectivity index (χ2n) is 9.72. The summed E-state index contributed by atoms with van der Waals surface area (Å²) in [5.74, 6) is 0.849. The molecule has 1 amide bonds. The summed E-state index contributed by atoms with van der Waals surface area (Å²) in [7, 11) is 2.13. The van der Waals surface area contributed by atoms with E-state index in [4.69, 9.17) is 0 Å². The summed E-state index contributed by atoms with van der Waals surface area (Å²) in [6, 6.07) is 7.75. The fraction of sp³-hybridized carbons (Fsp3) is 0.296. The van der Waals surface area contributed by atoms with Gasteiger partial charge < -0.3 is 25.4 Å². The zero-order valence-electron chi connectivity index (χ0n) is 21.8. The van der Waals surface area contributed by atoms with Gasteiger partial charge in [0.05, 0.1) is 12.7 Å². The van der Waals surface area contributed by atoms with Crippen molar-refractivity contribution in [3.63, 3.8) is 0 Å². The van der Waals surface area contributed by atoms with Gasteiger partial charge in [-0.05, 0) is 30.8 Å². The van der Waals surface area contributed by atoms with Crippen LogP contribution in [0.2, 0.25) is 0 Å². The van der Waals surface area contributed by atoms with Gasteiger partial charge in [-0.25, -0.2) is 23.7 Å². The Bertz CT molecular complexity index is 1640. The van der Waals surface area contributed by atoms with Gasteiger partial charge in [-0.2, -0.15) is 4.98 Å². The molecule has 5 aromatic rings. The molecule has 6 heterocycles. The average molecular weight is 547 g/mol. The molecule has 0 aliphatic carbocycles. The van der Waals surface area contributed by atoms with Gasteiger partial charge >= 0.3 is 0 Å². The number of anilines is 2. The highest BCUT2D eigenvalue weighted by Gasteiger charge is 2.17. The first kappa shape index (κ1) is 25.6. The molecule has 0 spiro atoms. The van der Waals surface area contributed by atoms with Crippen molar-refractivity contribution in [3.8, 4) is 11.1 Å². The molecule has 6 rings (SSSR count). The van der Waals surface area contributed by atoms with E-state index in [0.717, 1.165) is 54.1 Å². The number of amides is 1. The number of imidazole rings is 1. The number of aromatic amines is 1. The lowest BCUT2D eigenvalue weighted by Gasteiger charge is -2.33. The third kappa shape index (κ3) is 5.27. The van der Waals surface area contributed by atoms with E-state index in [-0.39, 0.29) is 5.69 Å². The first-order chi connectivity index (χ1) is 19.4. The number of pyridine rings is 2. The van der Waals surface area contributed by atoms with E-state index in [1.54, 1.807) is 22.9 Å². The van der Waals surface area contributed by atoms with E-state index < -0.39 is 18.9 Å². The quantitative estimate of drug-likeness (QED) is 0.272. The summed E-state index contributed by atoms with van der Waals surface area (Å²) in [5, 5.41) is 6.27. The van der Waals surface area contributed by atoms with Gasteiger partial charge in [0.15, 0.2) is 0 Å². The Balaban J connectivity index is 1.15. The molecule has 0 saturated carbocycles. The Morgan fingerprint density at radius 2 is 1.90 bits per heavy atom. The monoisotopic (exact) mass is 546 g/mol. The molecule has 40 heavy (non-hydrogen) atoms. The maximum Gasteiger partial charge on any atom is 0.270 e. The highest BCUT2D eigenvalue weighted by molar-refractivity contribution is 5.95. The largest absolute Gasteiger partial charge is 0.354 e. The number of H-pyrrole nitrogens is 1. The summed E-state index contributed by atoms with van der Waals surface area (Å²) in [4.78, 5) is 38.1. The number of piperazine rings is 1. The molecule has 5 aromatic heterocycles. The molecule has 0 bridgehead atoms. The van der Waals surface area contributed by atoms with E-state index >= 15 is 0 Å². The smallest absolute Gasteiger partial charge is 0.270 e. The maximum atomic E-state index is 12.5. The Morgan fingerprint density at radius 3 is 2.67 bits per heavy atom. The summed E-state index contributed by atoms with van der Waals surface area (Å²) >= 11 is 0. The minimum Gasteiger partial charge on any atom is -0.354 e. The molecule has 1 aliphatic rings. The van der Waals surface area contributed by atoms with E-state index in [1.807, 2.05) is 18.5 Å². The van der Waals surface area contributed by atoms with Crippen LogP contribution in [0.5, 0.6) is 0 Å². The number of hydrogen-bond acceptors (Lipinski definition) is 8. The second-order valence-corrected chi connectivity index (χ2v) is 9.72. The van der Waals surface area contributed by atoms with Gasteiger partial charge in [-0.1, -0.05) is 6.07 Å². The number of fused-ring (bicyclic) bond motifs is 2. The fourth-order valence-corrected chi connectivity index (χ4v) is 4.72. The van der Waals surface area contributed by atoms with E-state index in [2.05, 4.69) is 64.5 Å². The maximum absolute atomic E-state index is 12.5. The van der Waals surface area contributed by atoms with Crippen LogP contribution < -0.4 is 15.5 Å². The number of nitrogens with zero attached hydrogens (tertiary/aromatic N) is 7. The number of halogens is 2. The number of carbonyl (C=O) groups excluding carboxylic acids is 1. The summed E-state index contributed by atoms with van der Waals surface area (Å²) in [5.41, 5.74) is 3.99. The highest BCUT2D eigenvalue weighted by Crippen LogP contribution is 2.28. The van der Waals surface area contributed by atoms with Crippen molar-refractivity contribution >= 4 is 34.4 Å². The van der Waals surface area contributed by atoms with E-state index in [1.165, 1.54) is 6.20 Å². The van der Waals surface area contributed by atoms with Crippen molar-refractivity contribution in [1.29, 1.82) is 0 Å². The van der Waals surface area contributed by atoms with Gasteiger partial charge in [-0.3, -0.25) is 9.20 Å². The van der Waals surface area contributed by atoms with Crippen LogP contribution in [0.3, 0.4) is 0 Å². The zero-order valence-corrected chi connectivity index (χ0v) is 21.8. The molecule has 13 heteroatoms. The molecule has 0 aromatic carbocycles. The molecule has 0 radical (unpaired) electrons. The van der Waals surface area contributed by atoms with Crippen molar-refractivity contribution in [2.24, 2.45) is 0 Å². The zero-order chi connectivity index (χ0) is 27.6. The molecule has 11 nitrogen and oxygen atoms in total.